The minimum absolute atomic E-state index is 0.0521. The second-order valence-corrected chi connectivity index (χ2v) is 6.39. The van der Waals surface area contributed by atoms with E-state index < -0.39 is 11.7 Å². The van der Waals surface area contributed by atoms with Gasteiger partial charge in [0.1, 0.15) is 0 Å². The number of carbonyl (C=O) groups is 1. The number of nitrogens with zero attached hydrogens (tertiary/aromatic N) is 1. The van der Waals surface area contributed by atoms with E-state index in [0.29, 0.717) is 34.5 Å². The SMILES string of the molecule is O=C1C2=CCC(NCc3cccc(C(F)(F)F)c3)=CC2=Nc2ccccc21. The van der Waals surface area contributed by atoms with Gasteiger partial charge in [0.25, 0.3) is 0 Å². The number of hydrogen-bond donors (Lipinski definition) is 1. The summed E-state index contributed by atoms with van der Waals surface area (Å²) in [6.45, 7) is 0.261. The van der Waals surface area contributed by atoms with Crippen LogP contribution < -0.4 is 5.32 Å². The molecule has 0 radical (unpaired) electrons. The zero-order chi connectivity index (χ0) is 19.0. The van der Waals surface area contributed by atoms with Crippen molar-refractivity contribution < 1.29 is 18.0 Å². The molecule has 0 amide bonds. The van der Waals surface area contributed by atoms with Crippen LogP contribution in [0.5, 0.6) is 0 Å². The number of fused-ring (bicyclic) bond motifs is 2. The first-order chi connectivity index (χ1) is 12.9. The Hall–Kier alpha value is -3.15. The van der Waals surface area contributed by atoms with Crippen molar-refractivity contribution in [1.29, 1.82) is 0 Å². The Labute approximate surface area is 153 Å². The Bertz CT molecular complexity index is 1020. The first kappa shape index (κ1) is 17.3. The molecular formula is C21H15F3N2O. The summed E-state index contributed by atoms with van der Waals surface area (Å²) in [4.78, 5) is 17.1. The number of para-hydroxylation sites is 1. The summed E-state index contributed by atoms with van der Waals surface area (Å²) in [6.07, 6.45) is -0.258. The minimum atomic E-state index is -4.36. The molecule has 2 aliphatic rings. The number of hydrogen-bond acceptors (Lipinski definition) is 3. The van der Waals surface area contributed by atoms with E-state index in [1.807, 2.05) is 12.1 Å². The molecule has 2 aromatic carbocycles. The van der Waals surface area contributed by atoms with Crippen LogP contribution in [0.2, 0.25) is 0 Å². The first-order valence-corrected chi connectivity index (χ1v) is 8.45. The molecule has 3 nitrogen and oxygen atoms in total. The molecule has 0 fully saturated rings. The van der Waals surface area contributed by atoms with Crippen molar-refractivity contribution in [3.8, 4) is 0 Å². The summed E-state index contributed by atoms with van der Waals surface area (Å²) >= 11 is 0. The predicted molar refractivity (Wildman–Crippen MR) is 96.9 cm³/mol. The van der Waals surface area contributed by atoms with Crippen molar-refractivity contribution in [3.05, 3.63) is 88.6 Å². The highest BCUT2D eigenvalue weighted by atomic mass is 19.4. The molecule has 2 aromatic rings. The molecule has 0 spiro atoms. The van der Waals surface area contributed by atoms with Gasteiger partial charge < -0.3 is 5.32 Å². The van der Waals surface area contributed by atoms with Gasteiger partial charge in [0, 0.05) is 29.8 Å². The van der Waals surface area contributed by atoms with Gasteiger partial charge in [0.15, 0.2) is 5.78 Å². The average molecular weight is 368 g/mol. The van der Waals surface area contributed by atoms with E-state index in [9.17, 15) is 18.0 Å². The molecule has 1 aliphatic heterocycles. The Morgan fingerprint density at radius 1 is 1.07 bits per heavy atom. The Morgan fingerprint density at radius 3 is 2.70 bits per heavy atom. The van der Waals surface area contributed by atoms with Gasteiger partial charge >= 0.3 is 6.18 Å². The molecule has 0 aromatic heterocycles. The quantitative estimate of drug-likeness (QED) is 0.830. The highest BCUT2D eigenvalue weighted by Gasteiger charge is 2.30. The van der Waals surface area contributed by atoms with E-state index in [1.54, 1.807) is 30.3 Å². The molecular weight excluding hydrogens is 353 g/mol. The first-order valence-electron chi connectivity index (χ1n) is 8.45. The third-order valence-corrected chi connectivity index (χ3v) is 4.52. The van der Waals surface area contributed by atoms with Gasteiger partial charge in [-0.05, 0) is 35.9 Å². The molecule has 6 heteroatoms. The van der Waals surface area contributed by atoms with E-state index in [2.05, 4.69) is 10.3 Å². The molecule has 0 unspecified atom stereocenters. The minimum Gasteiger partial charge on any atom is -0.384 e. The van der Waals surface area contributed by atoms with Crippen molar-refractivity contribution >= 4 is 17.2 Å². The van der Waals surface area contributed by atoms with Crippen LogP contribution in [0.1, 0.15) is 27.9 Å². The lowest BCUT2D eigenvalue weighted by molar-refractivity contribution is -0.137. The Kier molecular flexibility index (Phi) is 4.18. The number of halogens is 3. The van der Waals surface area contributed by atoms with E-state index in [-0.39, 0.29) is 12.3 Å². The number of allylic oxidation sites excluding steroid dienone is 3. The maximum Gasteiger partial charge on any atom is 0.416 e. The lowest BCUT2D eigenvalue weighted by Crippen LogP contribution is -2.23. The van der Waals surface area contributed by atoms with Crippen molar-refractivity contribution in [1.82, 2.24) is 5.32 Å². The summed E-state index contributed by atoms with van der Waals surface area (Å²) in [6, 6.07) is 12.4. The number of Topliss-reactive ketones (excluding diaryl/α,β-unsaturated/α-hetero) is 1. The number of nitrogens with one attached hydrogen (secondary N) is 1. The van der Waals surface area contributed by atoms with Crippen molar-refractivity contribution in [2.75, 3.05) is 0 Å². The fourth-order valence-corrected chi connectivity index (χ4v) is 3.15. The molecule has 0 bridgehead atoms. The fourth-order valence-electron chi connectivity index (χ4n) is 3.15. The Morgan fingerprint density at radius 2 is 1.89 bits per heavy atom. The third-order valence-electron chi connectivity index (χ3n) is 4.52. The summed E-state index contributed by atoms with van der Waals surface area (Å²) in [5.41, 5.74) is 3.04. The molecule has 1 aliphatic carbocycles. The largest absolute Gasteiger partial charge is 0.416 e. The topological polar surface area (TPSA) is 41.5 Å². The maximum atomic E-state index is 12.8. The standard InChI is InChI=1S/C21H15F3N2O/c22-21(23,24)14-5-3-4-13(10-14)12-25-15-8-9-17-19(11-15)26-18-7-2-1-6-16(18)20(17)27/h1-7,9-11,25H,8,12H2. The Balaban J connectivity index is 1.53. The van der Waals surface area contributed by atoms with Crippen LogP contribution in [0.25, 0.3) is 0 Å². The second-order valence-electron chi connectivity index (χ2n) is 6.39. The summed E-state index contributed by atoms with van der Waals surface area (Å²) < 4.78 is 38.5. The van der Waals surface area contributed by atoms with E-state index in [0.717, 1.165) is 17.8 Å². The molecule has 0 atom stereocenters. The van der Waals surface area contributed by atoms with Crippen LogP contribution in [0.4, 0.5) is 18.9 Å². The summed E-state index contributed by atoms with van der Waals surface area (Å²) in [5, 5.41) is 3.15. The lowest BCUT2D eigenvalue weighted by Gasteiger charge is -2.21. The maximum absolute atomic E-state index is 12.8. The van der Waals surface area contributed by atoms with E-state index in [1.165, 1.54) is 6.07 Å². The van der Waals surface area contributed by atoms with Crippen molar-refractivity contribution in [2.45, 2.75) is 19.1 Å². The highest BCUT2D eigenvalue weighted by Crippen LogP contribution is 2.32. The van der Waals surface area contributed by atoms with Gasteiger partial charge in [-0.15, -0.1) is 0 Å². The van der Waals surface area contributed by atoms with E-state index in [4.69, 9.17) is 0 Å². The lowest BCUT2D eigenvalue weighted by atomic mass is 9.90. The number of aliphatic imine (C=N–C) groups is 1. The second kappa shape index (κ2) is 6.54. The predicted octanol–water partition coefficient (Wildman–Crippen LogP) is 4.98. The van der Waals surface area contributed by atoms with Gasteiger partial charge in [-0.2, -0.15) is 13.2 Å². The van der Waals surface area contributed by atoms with Crippen molar-refractivity contribution in [2.24, 2.45) is 4.99 Å². The van der Waals surface area contributed by atoms with Crippen LogP contribution in [0.3, 0.4) is 0 Å². The van der Waals surface area contributed by atoms with Gasteiger partial charge in [-0.1, -0.05) is 30.3 Å². The third kappa shape index (κ3) is 3.43. The van der Waals surface area contributed by atoms with E-state index >= 15 is 0 Å². The smallest absolute Gasteiger partial charge is 0.384 e. The van der Waals surface area contributed by atoms with Crippen molar-refractivity contribution in [3.63, 3.8) is 0 Å². The van der Waals surface area contributed by atoms with Gasteiger partial charge in [-0.25, -0.2) is 4.99 Å². The normalized spacial score (nSPS) is 16.0. The van der Waals surface area contributed by atoms with Crippen LogP contribution in [-0.2, 0) is 12.7 Å². The molecule has 0 saturated heterocycles. The highest BCUT2D eigenvalue weighted by molar-refractivity contribution is 6.35. The molecule has 136 valence electrons. The average Bonchev–Trinajstić information content (AvgIpc) is 2.66. The van der Waals surface area contributed by atoms with Crippen LogP contribution >= 0.6 is 0 Å². The molecule has 1 N–H and O–H groups in total. The zero-order valence-corrected chi connectivity index (χ0v) is 14.2. The monoisotopic (exact) mass is 368 g/mol. The van der Waals surface area contributed by atoms with Crippen LogP contribution in [-0.4, -0.2) is 11.5 Å². The molecule has 0 saturated carbocycles. The number of rotatable bonds is 3. The van der Waals surface area contributed by atoms with Crippen LogP contribution in [0.15, 0.2) is 76.9 Å². The molecule has 27 heavy (non-hydrogen) atoms. The summed E-state index contributed by atoms with van der Waals surface area (Å²) in [5.74, 6) is -0.0521. The van der Waals surface area contributed by atoms with Gasteiger partial charge in [-0.3, -0.25) is 4.79 Å². The van der Waals surface area contributed by atoms with Crippen LogP contribution in [0, 0.1) is 0 Å². The fraction of sp³-hybridized carbons (Fsp3) is 0.143. The number of ketones is 1. The molecule has 1 heterocycles. The van der Waals surface area contributed by atoms with Gasteiger partial charge in [0.05, 0.1) is 17.0 Å². The number of carbonyl (C=O) groups excluding carboxylic acids is 1. The number of alkyl halides is 3. The number of benzene rings is 2. The zero-order valence-electron chi connectivity index (χ0n) is 14.2. The molecule has 4 rings (SSSR count). The summed E-state index contributed by atoms with van der Waals surface area (Å²) in [7, 11) is 0. The van der Waals surface area contributed by atoms with Gasteiger partial charge in [0.2, 0.25) is 0 Å².